The zero-order chi connectivity index (χ0) is 13.9. The molecule has 1 aromatic rings. The van der Waals surface area contributed by atoms with Gasteiger partial charge in [0.1, 0.15) is 0 Å². The van der Waals surface area contributed by atoms with Gasteiger partial charge in [-0.05, 0) is 57.5 Å². The van der Waals surface area contributed by atoms with Crippen molar-refractivity contribution in [3.05, 3.63) is 34.3 Å². The van der Waals surface area contributed by atoms with Crippen LogP contribution in [-0.2, 0) is 10.3 Å². The number of carbonyl (C=O) groups is 1. The number of piperidine rings is 1. The number of benzene rings is 1. The van der Waals surface area contributed by atoms with Crippen LogP contribution in [0.4, 0.5) is 0 Å². The van der Waals surface area contributed by atoms with Gasteiger partial charge in [0.25, 0.3) is 0 Å². The fraction of sp³-hybridized carbons (Fsp3) is 0.533. The van der Waals surface area contributed by atoms with Gasteiger partial charge in [-0.15, -0.1) is 0 Å². The molecule has 0 saturated carbocycles. The van der Waals surface area contributed by atoms with Crippen LogP contribution in [0.2, 0.25) is 0 Å². The average Bonchev–Trinajstić information content (AvgIpc) is 2.40. The SMILES string of the molecule is CC(C)(NC(=O)C1CCNCC1)c1ccc(Br)cc1. The summed E-state index contributed by atoms with van der Waals surface area (Å²) in [7, 11) is 0. The van der Waals surface area contributed by atoms with Crippen LogP contribution in [0.5, 0.6) is 0 Å². The van der Waals surface area contributed by atoms with Crippen molar-refractivity contribution in [1.29, 1.82) is 0 Å². The molecule has 19 heavy (non-hydrogen) atoms. The highest BCUT2D eigenvalue weighted by molar-refractivity contribution is 9.10. The molecule has 1 aliphatic rings. The molecule has 1 aliphatic heterocycles. The van der Waals surface area contributed by atoms with Gasteiger partial charge in [0.05, 0.1) is 5.54 Å². The molecule has 0 unspecified atom stereocenters. The van der Waals surface area contributed by atoms with E-state index in [4.69, 9.17) is 0 Å². The molecule has 1 fully saturated rings. The summed E-state index contributed by atoms with van der Waals surface area (Å²) in [4.78, 5) is 12.3. The molecule has 0 bridgehead atoms. The predicted molar refractivity (Wildman–Crippen MR) is 80.9 cm³/mol. The Bertz CT molecular complexity index is 436. The first-order chi connectivity index (χ1) is 8.99. The van der Waals surface area contributed by atoms with Gasteiger partial charge < -0.3 is 10.6 Å². The highest BCUT2D eigenvalue weighted by atomic mass is 79.9. The zero-order valence-electron chi connectivity index (χ0n) is 11.5. The van der Waals surface area contributed by atoms with Gasteiger partial charge in [-0.25, -0.2) is 0 Å². The third-order valence-corrected chi connectivity index (χ3v) is 4.24. The Morgan fingerprint density at radius 1 is 1.26 bits per heavy atom. The van der Waals surface area contributed by atoms with Gasteiger partial charge in [-0.3, -0.25) is 4.79 Å². The molecule has 1 heterocycles. The topological polar surface area (TPSA) is 41.1 Å². The lowest BCUT2D eigenvalue weighted by Crippen LogP contribution is -2.46. The van der Waals surface area contributed by atoms with Crippen LogP contribution in [-0.4, -0.2) is 19.0 Å². The van der Waals surface area contributed by atoms with Crippen LogP contribution in [0, 0.1) is 5.92 Å². The second-order valence-electron chi connectivity index (χ2n) is 5.65. The molecule has 1 amide bonds. The molecule has 0 radical (unpaired) electrons. The van der Waals surface area contributed by atoms with Crippen LogP contribution in [0.25, 0.3) is 0 Å². The highest BCUT2D eigenvalue weighted by Gasteiger charge is 2.28. The molecule has 2 N–H and O–H groups in total. The lowest BCUT2D eigenvalue weighted by molar-refractivity contribution is -0.127. The van der Waals surface area contributed by atoms with Crippen molar-refractivity contribution < 1.29 is 4.79 Å². The molecule has 0 aromatic heterocycles. The van der Waals surface area contributed by atoms with E-state index in [0.29, 0.717) is 0 Å². The first-order valence-electron chi connectivity index (χ1n) is 6.78. The van der Waals surface area contributed by atoms with E-state index in [0.717, 1.165) is 36.0 Å². The second kappa shape index (κ2) is 6.06. The first kappa shape index (κ1) is 14.5. The number of carbonyl (C=O) groups excluding carboxylic acids is 1. The molecule has 104 valence electrons. The van der Waals surface area contributed by atoms with E-state index in [9.17, 15) is 4.79 Å². The highest BCUT2D eigenvalue weighted by Crippen LogP contribution is 2.23. The van der Waals surface area contributed by atoms with E-state index in [-0.39, 0.29) is 17.4 Å². The minimum absolute atomic E-state index is 0.149. The fourth-order valence-electron chi connectivity index (χ4n) is 2.43. The zero-order valence-corrected chi connectivity index (χ0v) is 13.1. The molecule has 0 spiro atoms. The van der Waals surface area contributed by atoms with Crippen LogP contribution < -0.4 is 10.6 Å². The van der Waals surface area contributed by atoms with E-state index in [2.05, 4.69) is 40.4 Å². The molecular formula is C15H21BrN2O. The second-order valence-corrected chi connectivity index (χ2v) is 6.56. The first-order valence-corrected chi connectivity index (χ1v) is 7.57. The Kier molecular flexibility index (Phi) is 4.63. The van der Waals surface area contributed by atoms with Crippen molar-refractivity contribution >= 4 is 21.8 Å². The summed E-state index contributed by atoms with van der Waals surface area (Å²) in [6, 6.07) is 8.11. The molecule has 1 aromatic carbocycles. The van der Waals surface area contributed by atoms with Crippen molar-refractivity contribution in [3.8, 4) is 0 Å². The minimum Gasteiger partial charge on any atom is -0.347 e. The van der Waals surface area contributed by atoms with Crippen molar-refractivity contribution in [2.45, 2.75) is 32.2 Å². The van der Waals surface area contributed by atoms with Gasteiger partial charge in [-0.2, -0.15) is 0 Å². The van der Waals surface area contributed by atoms with E-state index in [1.807, 2.05) is 24.3 Å². The van der Waals surface area contributed by atoms with Gasteiger partial charge in [0.15, 0.2) is 0 Å². The van der Waals surface area contributed by atoms with Crippen LogP contribution >= 0.6 is 15.9 Å². The number of hydrogen-bond donors (Lipinski definition) is 2. The molecule has 2 rings (SSSR count). The van der Waals surface area contributed by atoms with E-state index in [1.54, 1.807) is 0 Å². The van der Waals surface area contributed by atoms with Gasteiger partial charge in [-0.1, -0.05) is 28.1 Å². The smallest absolute Gasteiger partial charge is 0.223 e. The monoisotopic (exact) mass is 324 g/mol. The minimum atomic E-state index is -0.331. The van der Waals surface area contributed by atoms with Crippen molar-refractivity contribution in [1.82, 2.24) is 10.6 Å². The quantitative estimate of drug-likeness (QED) is 0.897. The normalized spacial score (nSPS) is 17.2. The third-order valence-electron chi connectivity index (χ3n) is 3.71. The van der Waals surface area contributed by atoms with Crippen LogP contribution in [0.1, 0.15) is 32.3 Å². The predicted octanol–water partition coefficient (Wildman–Crippen LogP) is 2.80. The maximum absolute atomic E-state index is 12.3. The van der Waals surface area contributed by atoms with Gasteiger partial charge in [0.2, 0.25) is 5.91 Å². The number of nitrogens with one attached hydrogen (secondary N) is 2. The van der Waals surface area contributed by atoms with Crippen LogP contribution in [0.15, 0.2) is 28.7 Å². The Hall–Kier alpha value is -0.870. The molecular weight excluding hydrogens is 304 g/mol. The Balaban J connectivity index is 2.03. The van der Waals surface area contributed by atoms with Crippen molar-refractivity contribution in [3.63, 3.8) is 0 Å². The summed E-state index contributed by atoms with van der Waals surface area (Å²) in [6.45, 7) is 5.98. The van der Waals surface area contributed by atoms with Gasteiger partial charge >= 0.3 is 0 Å². The van der Waals surface area contributed by atoms with Crippen LogP contribution in [0.3, 0.4) is 0 Å². The summed E-state index contributed by atoms with van der Waals surface area (Å²) in [5.74, 6) is 0.324. The Morgan fingerprint density at radius 2 is 1.84 bits per heavy atom. The summed E-state index contributed by atoms with van der Waals surface area (Å²) >= 11 is 3.43. The largest absolute Gasteiger partial charge is 0.347 e. The molecule has 1 saturated heterocycles. The third kappa shape index (κ3) is 3.80. The summed E-state index contributed by atoms with van der Waals surface area (Å²) in [5, 5.41) is 6.46. The molecule has 3 nitrogen and oxygen atoms in total. The number of hydrogen-bond acceptors (Lipinski definition) is 2. The summed E-state index contributed by atoms with van der Waals surface area (Å²) in [5.41, 5.74) is 0.792. The maximum Gasteiger partial charge on any atom is 0.223 e. The summed E-state index contributed by atoms with van der Waals surface area (Å²) < 4.78 is 1.05. The van der Waals surface area contributed by atoms with Gasteiger partial charge in [0, 0.05) is 10.4 Å². The van der Waals surface area contributed by atoms with E-state index in [1.165, 1.54) is 0 Å². The standard InChI is InChI=1S/C15H21BrN2O/c1-15(2,12-3-5-13(16)6-4-12)18-14(19)11-7-9-17-10-8-11/h3-6,11,17H,7-10H2,1-2H3,(H,18,19). The molecule has 4 heteroatoms. The van der Waals surface area contributed by atoms with Crippen molar-refractivity contribution in [2.24, 2.45) is 5.92 Å². The molecule has 0 atom stereocenters. The van der Waals surface area contributed by atoms with E-state index >= 15 is 0 Å². The average molecular weight is 325 g/mol. The number of amides is 1. The number of rotatable bonds is 3. The lowest BCUT2D eigenvalue weighted by Gasteiger charge is -2.30. The lowest BCUT2D eigenvalue weighted by atomic mass is 9.91. The maximum atomic E-state index is 12.3. The fourth-order valence-corrected chi connectivity index (χ4v) is 2.70. The molecule has 0 aliphatic carbocycles. The van der Waals surface area contributed by atoms with Crippen molar-refractivity contribution in [2.75, 3.05) is 13.1 Å². The Labute approximate surface area is 123 Å². The summed E-state index contributed by atoms with van der Waals surface area (Å²) in [6.07, 6.45) is 1.87. The number of halogens is 1. The Morgan fingerprint density at radius 3 is 2.42 bits per heavy atom. The van der Waals surface area contributed by atoms with E-state index < -0.39 is 0 Å².